The number of hydrogen-bond acceptors (Lipinski definition) is 3. The number of benzene rings is 1. The van der Waals surface area contributed by atoms with Crippen LogP contribution in [0.15, 0.2) is 17.5 Å². The number of hydrogen-bond donors (Lipinski definition) is 2. The maximum Gasteiger partial charge on any atom is 0.136 e. The molecule has 3 heteroatoms. The number of aryl methyl sites for hydroxylation is 1. The molecule has 12 heavy (non-hydrogen) atoms. The molecule has 3 N–H and O–H groups in total. The lowest BCUT2D eigenvalue weighted by Crippen LogP contribution is -1.86. The molecule has 0 saturated heterocycles. The average molecular weight is 179 g/mol. The molecule has 0 unspecified atom stereocenters. The molecule has 0 atom stereocenters. The fourth-order valence-electron chi connectivity index (χ4n) is 1.28. The van der Waals surface area contributed by atoms with E-state index in [1.165, 1.54) is 11.3 Å². The van der Waals surface area contributed by atoms with Crippen molar-refractivity contribution in [1.29, 1.82) is 0 Å². The van der Waals surface area contributed by atoms with Crippen molar-refractivity contribution in [2.24, 2.45) is 0 Å². The number of thiophene rings is 1. The summed E-state index contributed by atoms with van der Waals surface area (Å²) in [5.41, 5.74) is 7.34. The lowest BCUT2D eigenvalue weighted by Gasteiger charge is -2.02. The van der Waals surface area contributed by atoms with Crippen LogP contribution in [-0.2, 0) is 0 Å². The molecule has 0 aliphatic rings. The van der Waals surface area contributed by atoms with Crippen LogP contribution in [0.2, 0.25) is 0 Å². The van der Waals surface area contributed by atoms with Gasteiger partial charge in [0.25, 0.3) is 0 Å². The molecule has 62 valence electrons. The van der Waals surface area contributed by atoms with Gasteiger partial charge in [0.05, 0.1) is 4.70 Å². The van der Waals surface area contributed by atoms with Crippen LogP contribution in [0.1, 0.15) is 5.56 Å². The molecular weight excluding hydrogens is 170 g/mol. The second-order valence-corrected chi connectivity index (χ2v) is 3.71. The van der Waals surface area contributed by atoms with Gasteiger partial charge >= 0.3 is 0 Å². The smallest absolute Gasteiger partial charge is 0.136 e. The molecule has 0 saturated carbocycles. The predicted molar refractivity (Wildman–Crippen MR) is 52.6 cm³/mol. The van der Waals surface area contributed by atoms with Gasteiger partial charge in [0.15, 0.2) is 0 Å². The van der Waals surface area contributed by atoms with Crippen molar-refractivity contribution in [1.82, 2.24) is 0 Å². The third kappa shape index (κ3) is 0.865. The van der Waals surface area contributed by atoms with Gasteiger partial charge in [-0.2, -0.15) is 0 Å². The zero-order valence-corrected chi connectivity index (χ0v) is 7.48. The summed E-state index contributed by atoms with van der Waals surface area (Å²) >= 11 is 1.51. The average Bonchev–Trinajstić information content (AvgIpc) is 2.48. The van der Waals surface area contributed by atoms with Crippen molar-refractivity contribution in [2.45, 2.75) is 6.92 Å². The number of aromatic hydroxyl groups is 1. The van der Waals surface area contributed by atoms with Gasteiger partial charge in [-0.1, -0.05) is 0 Å². The Kier molecular flexibility index (Phi) is 1.48. The predicted octanol–water partition coefficient (Wildman–Crippen LogP) is 2.50. The van der Waals surface area contributed by atoms with E-state index < -0.39 is 0 Å². The highest BCUT2D eigenvalue weighted by Gasteiger charge is 2.06. The molecule has 2 nitrogen and oxygen atoms in total. The summed E-state index contributed by atoms with van der Waals surface area (Å²) in [6.07, 6.45) is 0. The van der Waals surface area contributed by atoms with E-state index >= 15 is 0 Å². The normalized spacial score (nSPS) is 10.8. The van der Waals surface area contributed by atoms with E-state index in [9.17, 15) is 5.11 Å². The van der Waals surface area contributed by atoms with Crippen molar-refractivity contribution < 1.29 is 5.11 Å². The molecule has 0 bridgehead atoms. The fourth-order valence-corrected chi connectivity index (χ4v) is 2.20. The molecule has 0 radical (unpaired) electrons. The maximum atomic E-state index is 9.63. The highest BCUT2D eigenvalue weighted by atomic mass is 32.1. The Morgan fingerprint density at radius 2 is 2.25 bits per heavy atom. The lowest BCUT2D eigenvalue weighted by atomic mass is 10.1. The molecular formula is C9H9NOS. The van der Waals surface area contributed by atoms with Gasteiger partial charge in [-0.25, -0.2) is 0 Å². The Morgan fingerprint density at radius 3 is 3.00 bits per heavy atom. The monoisotopic (exact) mass is 179 g/mol. The Morgan fingerprint density at radius 1 is 1.50 bits per heavy atom. The van der Waals surface area contributed by atoms with Crippen molar-refractivity contribution in [3.63, 3.8) is 0 Å². The largest absolute Gasteiger partial charge is 0.506 e. The molecule has 0 aliphatic heterocycles. The van der Waals surface area contributed by atoms with E-state index in [1.54, 1.807) is 6.07 Å². The Balaban J connectivity index is 2.97. The van der Waals surface area contributed by atoms with E-state index in [1.807, 2.05) is 18.4 Å². The van der Waals surface area contributed by atoms with Crippen molar-refractivity contribution in [2.75, 3.05) is 5.73 Å². The summed E-state index contributed by atoms with van der Waals surface area (Å²) in [6, 6.07) is 3.72. The molecule has 0 fully saturated rings. The van der Waals surface area contributed by atoms with Gasteiger partial charge in [-0.3, -0.25) is 0 Å². The van der Waals surface area contributed by atoms with Crippen molar-refractivity contribution >= 4 is 27.1 Å². The van der Waals surface area contributed by atoms with Crippen LogP contribution in [0.4, 0.5) is 5.69 Å². The van der Waals surface area contributed by atoms with E-state index in [0.29, 0.717) is 5.75 Å². The van der Waals surface area contributed by atoms with Crippen LogP contribution in [0.3, 0.4) is 0 Å². The summed E-state index contributed by atoms with van der Waals surface area (Å²) in [4.78, 5) is 0. The van der Waals surface area contributed by atoms with Gasteiger partial charge in [0.2, 0.25) is 0 Å². The second-order valence-electron chi connectivity index (χ2n) is 2.79. The van der Waals surface area contributed by atoms with Crippen LogP contribution in [-0.4, -0.2) is 5.11 Å². The first-order valence-corrected chi connectivity index (χ1v) is 4.53. The molecule has 0 aliphatic carbocycles. The van der Waals surface area contributed by atoms with Crippen LogP contribution in [0.25, 0.3) is 10.1 Å². The number of nitrogens with two attached hydrogens (primary N) is 1. The van der Waals surface area contributed by atoms with Gasteiger partial charge in [0, 0.05) is 11.1 Å². The van der Waals surface area contributed by atoms with E-state index in [4.69, 9.17) is 5.73 Å². The van der Waals surface area contributed by atoms with Crippen molar-refractivity contribution in [3.8, 4) is 5.75 Å². The number of anilines is 1. The molecule has 0 spiro atoms. The second kappa shape index (κ2) is 2.38. The first-order chi connectivity index (χ1) is 5.70. The van der Waals surface area contributed by atoms with E-state index in [2.05, 4.69) is 0 Å². The summed E-state index contributed by atoms with van der Waals surface area (Å²) in [7, 11) is 0. The SMILES string of the molecule is Cc1cc(N)c2ccsc2c1O. The molecule has 0 amide bonds. The van der Waals surface area contributed by atoms with Gasteiger partial charge in [-0.15, -0.1) is 11.3 Å². The number of phenolic OH excluding ortho intramolecular Hbond substituents is 1. The van der Waals surface area contributed by atoms with Crippen LogP contribution in [0.5, 0.6) is 5.75 Å². The number of phenols is 1. The molecule has 2 rings (SSSR count). The zero-order chi connectivity index (χ0) is 8.72. The van der Waals surface area contributed by atoms with Gasteiger partial charge in [-0.05, 0) is 30.0 Å². The maximum absolute atomic E-state index is 9.63. The Bertz CT molecular complexity index is 433. The third-order valence-corrected chi connectivity index (χ3v) is 2.86. The molecule has 1 aromatic carbocycles. The topological polar surface area (TPSA) is 46.2 Å². The summed E-state index contributed by atoms with van der Waals surface area (Å²) in [5, 5.41) is 12.5. The van der Waals surface area contributed by atoms with Crippen LogP contribution < -0.4 is 5.73 Å². The summed E-state index contributed by atoms with van der Waals surface area (Å²) in [6.45, 7) is 1.85. The van der Waals surface area contributed by atoms with Crippen LogP contribution >= 0.6 is 11.3 Å². The van der Waals surface area contributed by atoms with Crippen LogP contribution in [0, 0.1) is 6.92 Å². The minimum absolute atomic E-state index is 0.356. The number of rotatable bonds is 0. The molecule has 1 aromatic heterocycles. The minimum atomic E-state index is 0.356. The number of nitrogen functional groups attached to an aromatic ring is 1. The quantitative estimate of drug-likeness (QED) is 0.482. The third-order valence-electron chi connectivity index (χ3n) is 1.94. The lowest BCUT2D eigenvalue weighted by molar-refractivity contribution is 0.478. The molecule has 2 aromatic rings. The highest BCUT2D eigenvalue weighted by molar-refractivity contribution is 7.17. The van der Waals surface area contributed by atoms with E-state index in [0.717, 1.165) is 21.3 Å². The fraction of sp³-hybridized carbons (Fsp3) is 0.111. The van der Waals surface area contributed by atoms with Gasteiger partial charge < -0.3 is 10.8 Å². The molecule has 1 heterocycles. The Hall–Kier alpha value is -1.22. The number of fused-ring (bicyclic) bond motifs is 1. The van der Waals surface area contributed by atoms with Crippen molar-refractivity contribution in [3.05, 3.63) is 23.1 Å². The minimum Gasteiger partial charge on any atom is -0.506 e. The first-order valence-electron chi connectivity index (χ1n) is 3.65. The van der Waals surface area contributed by atoms with Gasteiger partial charge in [0.1, 0.15) is 5.75 Å². The highest BCUT2D eigenvalue weighted by Crippen LogP contribution is 2.36. The summed E-state index contributed by atoms with van der Waals surface area (Å²) < 4.78 is 0.882. The summed E-state index contributed by atoms with van der Waals surface area (Å²) in [5.74, 6) is 0.356. The first kappa shape index (κ1) is 7.43. The standard InChI is InChI=1S/C9H9NOS/c1-5-4-7(10)6-2-3-12-9(6)8(5)11/h2-4,11H,10H2,1H3. The van der Waals surface area contributed by atoms with E-state index in [-0.39, 0.29) is 0 Å². The Labute approximate surface area is 74.3 Å². The zero-order valence-electron chi connectivity index (χ0n) is 6.66.